The number of pyridine rings is 1. The van der Waals surface area contributed by atoms with Crippen LogP contribution < -0.4 is 4.74 Å². The lowest BCUT2D eigenvalue weighted by atomic mass is 10.1. The van der Waals surface area contributed by atoms with Crippen LogP contribution in [0.5, 0.6) is 10.9 Å². The van der Waals surface area contributed by atoms with Crippen molar-refractivity contribution in [1.82, 2.24) is 14.3 Å². The summed E-state index contributed by atoms with van der Waals surface area (Å²) in [4.78, 5) is 8.70. The lowest BCUT2D eigenvalue weighted by Gasteiger charge is -2.04. The van der Waals surface area contributed by atoms with Crippen molar-refractivity contribution in [2.45, 2.75) is 13.0 Å². The number of ether oxygens (including phenoxy) is 2. The van der Waals surface area contributed by atoms with Crippen LogP contribution in [0, 0.1) is 0 Å². The Labute approximate surface area is 132 Å². The first-order chi connectivity index (χ1) is 10.8. The molecule has 0 aliphatic heterocycles. The maximum absolute atomic E-state index is 5.67. The summed E-state index contributed by atoms with van der Waals surface area (Å²) in [6.07, 6.45) is 1.54. The highest BCUT2D eigenvalue weighted by molar-refractivity contribution is 7.07. The highest BCUT2D eigenvalue weighted by Gasteiger charge is 2.12. The number of methoxy groups -OCH3 is 1. The maximum atomic E-state index is 5.67. The quantitative estimate of drug-likeness (QED) is 0.710. The third kappa shape index (κ3) is 3.29. The van der Waals surface area contributed by atoms with E-state index in [4.69, 9.17) is 9.47 Å². The molecule has 0 saturated carbocycles. The van der Waals surface area contributed by atoms with Crippen molar-refractivity contribution in [3.63, 3.8) is 0 Å². The second-order valence-electron chi connectivity index (χ2n) is 4.64. The van der Waals surface area contributed by atoms with Gasteiger partial charge < -0.3 is 9.47 Å². The van der Waals surface area contributed by atoms with Crippen molar-refractivity contribution in [3.8, 4) is 22.2 Å². The molecule has 5 nitrogen and oxygen atoms in total. The molecule has 1 unspecified atom stereocenters. The van der Waals surface area contributed by atoms with Gasteiger partial charge in [-0.25, -0.2) is 0 Å². The van der Waals surface area contributed by atoms with Crippen molar-refractivity contribution in [2.24, 2.45) is 0 Å². The third-order valence-electron chi connectivity index (χ3n) is 3.15. The first-order valence-corrected chi connectivity index (χ1v) is 7.59. The van der Waals surface area contributed by atoms with Gasteiger partial charge in [0.05, 0.1) is 11.9 Å². The van der Waals surface area contributed by atoms with Gasteiger partial charge in [-0.3, -0.25) is 4.98 Å². The van der Waals surface area contributed by atoms with Crippen molar-refractivity contribution >= 4 is 11.5 Å². The van der Waals surface area contributed by atoms with E-state index in [9.17, 15) is 0 Å². The molecule has 112 valence electrons. The molecule has 2 heterocycles. The zero-order valence-electron chi connectivity index (χ0n) is 12.3. The Kier molecular flexibility index (Phi) is 4.41. The van der Waals surface area contributed by atoms with E-state index in [0.29, 0.717) is 16.8 Å². The van der Waals surface area contributed by atoms with Gasteiger partial charge >= 0.3 is 0 Å². The van der Waals surface area contributed by atoms with Crippen LogP contribution in [0.25, 0.3) is 11.3 Å². The summed E-state index contributed by atoms with van der Waals surface area (Å²) >= 11 is 1.20. The number of aromatic nitrogens is 3. The number of rotatable bonds is 5. The molecule has 0 N–H and O–H groups in total. The molecular weight excluding hydrogens is 298 g/mol. The predicted molar refractivity (Wildman–Crippen MR) is 85.1 cm³/mol. The Morgan fingerprint density at radius 3 is 2.59 bits per heavy atom. The second kappa shape index (κ2) is 6.64. The van der Waals surface area contributed by atoms with Gasteiger partial charge in [0.15, 0.2) is 5.82 Å². The molecule has 3 aromatic rings. The van der Waals surface area contributed by atoms with Gasteiger partial charge in [-0.2, -0.15) is 9.36 Å². The van der Waals surface area contributed by atoms with E-state index < -0.39 is 0 Å². The van der Waals surface area contributed by atoms with Crippen LogP contribution in [0.4, 0.5) is 0 Å². The number of benzene rings is 1. The summed E-state index contributed by atoms with van der Waals surface area (Å²) in [6.45, 7) is 1.89. The van der Waals surface area contributed by atoms with Gasteiger partial charge in [0.25, 0.3) is 5.19 Å². The van der Waals surface area contributed by atoms with Crippen molar-refractivity contribution in [3.05, 3.63) is 54.5 Å². The summed E-state index contributed by atoms with van der Waals surface area (Å²) in [5.41, 5.74) is 1.97. The molecule has 0 spiro atoms. The van der Waals surface area contributed by atoms with E-state index in [1.165, 1.54) is 11.5 Å². The van der Waals surface area contributed by atoms with Gasteiger partial charge in [-0.1, -0.05) is 30.3 Å². The van der Waals surface area contributed by atoms with E-state index in [2.05, 4.69) is 14.3 Å². The number of hydrogen-bond acceptors (Lipinski definition) is 6. The summed E-state index contributed by atoms with van der Waals surface area (Å²) in [7, 11) is 1.62. The topological polar surface area (TPSA) is 57.1 Å². The lowest BCUT2D eigenvalue weighted by Crippen LogP contribution is -1.97. The monoisotopic (exact) mass is 313 g/mol. The average molecular weight is 313 g/mol. The Morgan fingerprint density at radius 1 is 1.09 bits per heavy atom. The van der Waals surface area contributed by atoms with E-state index >= 15 is 0 Å². The third-order valence-corrected chi connectivity index (χ3v) is 3.76. The molecule has 2 aromatic heterocycles. The SMILES string of the molecule is COC(C)c1nsc(Oc2ccc(-c3ccccc3)nc2)n1. The minimum Gasteiger partial charge on any atom is -0.428 e. The Balaban J connectivity index is 1.72. The van der Waals surface area contributed by atoms with Crippen LogP contribution in [0.3, 0.4) is 0 Å². The molecule has 0 aliphatic rings. The fourth-order valence-corrected chi connectivity index (χ4v) is 2.48. The summed E-state index contributed by atoms with van der Waals surface area (Å²) in [5.74, 6) is 1.25. The summed E-state index contributed by atoms with van der Waals surface area (Å²) in [5, 5.41) is 0.480. The minimum absolute atomic E-state index is 0.146. The normalized spacial score (nSPS) is 12.1. The Morgan fingerprint density at radius 2 is 1.91 bits per heavy atom. The van der Waals surface area contributed by atoms with Gasteiger partial charge in [-0.05, 0) is 19.1 Å². The van der Waals surface area contributed by atoms with Crippen LogP contribution >= 0.6 is 11.5 Å². The Bertz CT molecular complexity index is 729. The minimum atomic E-state index is -0.146. The first-order valence-electron chi connectivity index (χ1n) is 6.82. The molecular formula is C16H15N3O2S. The van der Waals surface area contributed by atoms with Crippen LogP contribution in [-0.2, 0) is 4.74 Å². The largest absolute Gasteiger partial charge is 0.428 e. The standard InChI is InChI=1S/C16H15N3O2S/c1-11(20-2)15-18-16(22-19-15)21-13-8-9-14(17-10-13)12-6-4-3-5-7-12/h3-11H,1-2H3. The van der Waals surface area contributed by atoms with Crippen molar-refractivity contribution in [2.75, 3.05) is 7.11 Å². The molecule has 3 rings (SSSR count). The zero-order chi connectivity index (χ0) is 15.4. The van der Waals surface area contributed by atoms with Crippen LogP contribution in [0.2, 0.25) is 0 Å². The first kappa shape index (κ1) is 14.6. The van der Waals surface area contributed by atoms with Crippen molar-refractivity contribution in [1.29, 1.82) is 0 Å². The zero-order valence-corrected chi connectivity index (χ0v) is 13.1. The molecule has 6 heteroatoms. The van der Waals surface area contributed by atoms with Crippen LogP contribution in [0.15, 0.2) is 48.7 Å². The molecule has 0 saturated heterocycles. The fraction of sp³-hybridized carbons (Fsp3) is 0.188. The predicted octanol–water partition coefficient (Wildman–Crippen LogP) is 4.10. The molecule has 0 amide bonds. The molecule has 0 bridgehead atoms. The number of hydrogen-bond donors (Lipinski definition) is 0. The highest BCUT2D eigenvalue weighted by Crippen LogP contribution is 2.26. The molecule has 0 radical (unpaired) electrons. The molecule has 1 atom stereocenters. The average Bonchev–Trinajstić information content (AvgIpc) is 3.04. The highest BCUT2D eigenvalue weighted by atomic mass is 32.1. The summed E-state index contributed by atoms with van der Waals surface area (Å²) < 4.78 is 15.1. The second-order valence-corrected chi connectivity index (χ2v) is 5.36. The van der Waals surface area contributed by atoms with E-state index in [-0.39, 0.29) is 6.10 Å². The number of nitrogens with zero attached hydrogens (tertiary/aromatic N) is 3. The lowest BCUT2D eigenvalue weighted by molar-refractivity contribution is 0.113. The fourth-order valence-electron chi connectivity index (χ4n) is 1.85. The molecule has 0 fully saturated rings. The van der Waals surface area contributed by atoms with E-state index in [1.807, 2.05) is 49.4 Å². The maximum Gasteiger partial charge on any atom is 0.298 e. The summed E-state index contributed by atoms with van der Waals surface area (Å²) in [6, 6.07) is 13.8. The van der Waals surface area contributed by atoms with Crippen LogP contribution in [0.1, 0.15) is 18.9 Å². The van der Waals surface area contributed by atoms with E-state index in [1.54, 1.807) is 13.3 Å². The van der Waals surface area contributed by atoms with Gasteiger partial charge in [-0.15, -0.1) is 0 Å². The molecule has 1 aromatic carbocycles. The van der Waals surface area contributed by atoms with Crippen molar-refractivity contribution < 1.29 is 9.47 Å². The molecule has 0 aliphatic carbocycles. The van der Waals surface area contributed by atoms with E-state index in [0.717, 1.165) is 11.3 Å². The molecule has 22 heavy (non-hydrogen) atoms. The van der Waals surface area contributed by atoms with Gasteiger partial charge in [0.2, 0.25) is 0 Å². The van der Waals surface area contributed by atoms with Gasteiger partial charge in [0.1, 0.15) is 11.9 Å². The smallest absolute Gasteiger partial charge is 0.298 e. The van der Waals surface area contributed by atoms with Crippen LogP contribution in [-0.4, -0.2) is 21.5 Å². The Hall–Kier alpha value is -2.31. The van der Waals surface area contributed by atoms with Gasteiger partial charge in [0, 0.05) is 24.2 Å².